The number of ether oxygens (including phenoxy) is 2. The molecule has 1 saturated heterocycles. The van der Waals surface area contributed by atoms with Crippen molar-refractivity contribution in [2.45, 2.75) is 18.9 Å². The highest BCUT2D eigenvalue weighted by atomic mass is 35.5. The second-order valence-electron chi connectivity index (χ2n) is 3.67. The monoisotopic (exact) mass is 237 g/mol. The summed E-state index contributed by atoms with van der Waals surface area (Å²) in [5, 5.41) is 9.37. The Morgan fingerprint density at radius 3 is 3.12 bits per heavy atom. The normalized spacial score (nSPS) is 19.4. The smallest absolute Gasteiger partial charge is 0.138 e. The summed E-state index contributed by atoms with van der Waals surface area (Å²) >= 11 is 5.89. The van der Waals surface area contributed by atoms with Gasteiger partial charge in [0.15, 0.2) is 0 Å². The highest BCUT2D eigenvalue weighted by Crippen LogP contribution is 2.26. The molecular formula is C12H12ClNO2. The Kier molecular flexibility index (Phi) is 3.66. The van der Waals surface area contributed by atoms with Gasteiger partial charge in [-0.15, -0.1) is 0 Å². The molecule has 0 saturated carbocycles. The molecule has 0 spiro atoms. The molecule has 1 atom stereocenters. The standard InChI is InChI=1S/C12H12ClNO2/c13-11-4-1-5-12(10(11)7-14)16-8-9-3-2-6-15-9/h1,4-5,9H,2-3,6,8H2. The molecule has 84 valence electrons. The maximum atomic E-state index is 8.95. The lowest BCUT2D eigenvalue weighted by molar-refractivity contribution is 0.0678. The third-order valence-electron chi connectivity index (χ3n) is 2.54. The van der Waals surface area contributed by atoms with Crippen LogP contribution in [-0.2, 0) is 4.74 Å². The van der Waals surface area contributed by atoms with Crippen LogP contribution in [0.15, 0.2) is 18.2 Å². The van der Waals surface area contributed by atoms with Crippen LogP contribution in [-0.4, -0.2) is 19.3 Å². The third kappa shape index (κ3) is 2.46. The fraction of sp³-hybridized carbons (Fsp3) is 0.417. The Morgan fingerprint density at radius 2 is 2.44 bits per heavy atom. The van der Waals surface area contributed by atoms with E-state index in [1.165, 1.54) is 0 Å². The zero-order valence-corrected chi connectivity index (χ0v) is 9.54. The van der Waals surface area contributed by atoms with Crippen LogP contribution >= 0.6 is 11.6 Å². The number of nitriles is 1. The molecule has 4 heteroatoms. The SMILES string of the molecule is N#Cc1c(Cl)cccc1OCC1CCCO1. The van der Waals surface area contributed by atoms with E-state index >= 15 is 0 Å². The van der Waals surface area contributed by atoms with Gasteiger partial charge in [-0.25, -0.2) is 0 Å². The Hall–Kier alpha value is -1.24. The molecule has 0 aromatic heterocycles. The van der Waals surface area contributed by atoms with Gasteiger partial charge in [-0.1, -0.05) is 17.7 Å². The zero-order chi connectivity index (χ0) is 11.4. The molecule has 1 aliphatic heterocycles. The zero-order valence-electron chi connectivity index (χ0n) is 8.78. The van der Waals surface area contributed by atoms with E-state index in [0.717, 1.165) is 19.4 Å². The highest BCUT2D eigenvalue weighted by molar-refractivity contribution is 6.31. The topological polar surface area (TPSA) is 42.2 Å². The molecule has 1 heterocycles. The molecule has 3 nitrogen and oxygen atoms in total. The highest BCUT2D eigenvalue weighted by Gasteiger charge is 2.17. The van der Waals surface area contributed by atoms with E-state index in [-0.39, 0.29) is 6.10 Å². The van der Waals surface area contributed by atoms with E-state index in [2.05, 4.69) is 0 Å². The summed E-state index contributed by atoms with van der Waals surface area (Å²) in [5.41, 5.74) is 0.391. The Balaban J connectivity index is 2.03. The van der Waals surface area contributed by atoms with Gasteiger partial charge in [0.2, 0.25) is 0 Å². The van der Waals surface area contributed by atoms with Crippen LogP contribution in [0, 0.1) is 11.3 Å². The molecule has 0 aliphatic carbocycles. The van der Waals surface area contributed by atoms with Crippen molar-refractivity contribution in [3.8, 4) is 11.8 Å². The number of nitrogens with zero attached hydrogens (tertiary/aromatic N) is 1. The second kappa shape index (κ2) is 5.20. The third-order valence-corrected chi connectivity index (χ3v) is 2.85. The average Bonchev–Trinajstić information content (AvgIpc) is 2.79. The van der Waals surface area contributed by atoms with Crippen molar-refractivity contribution in [1.29, 1.82) is 5.26 Å². The molecule has 16 heavy (non-hydrogen) atoms. The van der Waals surface area contributed by atoms with Crippen molar-refractivity contribution >= 4 is 11.6 Å². The molecule has 0 amide bonds. The quantitative estimate of drug-likeness (QED) is 0.812. The van der Waals surface area contributed by atoms with Gasteiger partial charge >= 0.3 is 0 Å². The lowest BCUT2D eigenvalue weighted by Gasteiger charge is -2.12. The van der Waals surface area contributed by atoms with Crippen LogP contribution < -0.4 is 4.74 Å². The molecule has 1 aliphatic rings. The maximum absolute atomic E-state index is 8.95. The van der Waals surface area contributed by atoms with Crippen LogP contribution in [0.5, 0.6) is 5.75 Å². The molecule has 0 radical (unpaired) electrons. The van der Waals surface area contributed by atoms with Gasteiger partial charge in [0, 0.05) is 6.61 Å². The number of benzene rings is 1. The van der Waals surface area contributed by atoms with Gasteiger partial charge < -0.3 is 9.47 Å². The summed E-state index contributed by atoms with van der Waals surface area (Å²) in [6.07, 6.45) is 2.24. The minimum Gasteiger partial charge on any atom is -0.489 e. The Bertz CT molecular complexity index is 408. The fourth-order valence-electron chi connectivity index (χ4n) is 1.69. The summed E-state index contributed by atoms with van der Waals surface area (Å²) in [4.78, 5) is 0. The molecular weight excluding hydrogens is 226 g/mol. The maximum Gasteiger partial charge on any atom is 0.138 e. The van der Waals surface area contributed by atoms with Crippen molar-refractivity contribution in [3.63, 3.8) is 0 Å². The summed E-state index contributed by atoms with van der Waals surface area (Å²) in [6, 6.07) is 7.24. The van der Waals surface area contributed by atoms with Crippen molar-refractivity contribution in [2.24, 2.45) is 0 Å². The van der Waals surface area contributed by atoms with Gasteiger partial charge in [0.05, 0.1) is 11.1 Å². The molecule has 1 aromatic rings. The van der Waals surface area contributed by atoms with Crippen LogP contribution in [0.25, 0.3) is 0 Å². The molecule has 0 bridgehead atoms. The first-order chi connectivity index (χ1) is 7.81. The van der Waals surface area contributed by atoms with Crippen molar-refractivity contribution < 1.29 is 9.47 Å². The fourth-order valence-corrected chi connectivity index (χ4v) is 1.90. The van der Waals surface area contributed by atoms with Gasteiger partial charge in [0.25, 0.3) is 0 Å². The molecule has 1 unspecified atom stereocenters. The van der Waals surface area contributed by atoms with E-state index < -0.39 is 0 Å². The minimum atomic E-state index is 0.144. The van der Waals surface area contributed by atoms with Crippen LogP contribution in [0.3, 0.4) is 0 Å². The average molecular weight is 238 g/mol. The lowest BCUT2D eigenvalue weighted by atomic mass is 10.2. The van der Waals surface area contributed by atoms with Crippen LogP contribution in [0.4, 0.5) is 0 Å². The first kappa shape index (κ1) is 11.3. The molecule has 0 N–H and O–H groups in total. The number of rotatable bonds is 3. The molecule has 2 rings (SSSR count). The second-order valence-corrected chi connectivity index (χ2v) is 4.08. The minimum absolute atomic E-state index is 0.144. The van der Waals surface area contributed by atoms with Gasteiger partial charge in [-0.3, -0.25) is 0 Å². The number of hydrogen-bond acceptors (Lipinski definition) is 3. The van der Waals surface area contributed by atoms with Crippen molar-refractivity contribution in [2.75, 3.05) is 13.2 Å². The first-order valence-corrected chi connectivity index (χ1v) is 5.62. The first-order valence-electron chi connectivity index (χ1n) is 5.24. The van der Waals surface area contributed by atoms with E-state index in [9.17, 15) is 0 Å². The predicted molar refractivity (Wildman–Crippen MR) is 60.6 cm³/mol. The van der Waals surface area contributed by atoms with Gasteiger partial charge in [-0.05, 0) is 25.0 Å². The Morgan fingerprint density at radius 1 is 1.56 bits per heavy atom. The lowest BCUT2D eigenvalue weighted by Crippen LogP contribution is -2.16. The van der Waals surface area contributed by atoms with Crippen molar-refractivity contribution in [3.05, 3.63) is 28.8 Å². The number of halogens is 1. The van der Waals surface area contributed by atoms with E-state index in [0.29, 0.717) is 22.9 Å². The predicted octanol–water partition coefficient (Wildman–Crippen LogP) is 2.77. The van der Waals surface area contributed by atoms with E-state index in [4.69, 9.17) is 26.3 Å². The summed E-state index contributed by atoms with van der Waals surface area (Å²) < 4.78 is 11.0. The Labute approximate surface area is 99.5 Å². The largest absolute Gasteiger partial charge is 0.489 e. The van der Waals surface area contributed by atoms with Crippen molar-refractivity contribution in [1.82, 2.24) is 0 Å². The van der Waals surface area contributed by atoms with Crippen LogP contribution in [0.1, 0.15) is 18.4 Å². The summed E-state index contributed by atoms with van der Waals surface area (Å²) in [7, 11) is 0. The summed E-state index contributed by atoms with van der Waals surface area (Å²) in [6.45, 7) is 1.28. The summed E-state index contributed by atoms with van der Waals surface area (Å²) in [5.74, 6) is 0.533. The number of hydrogen-bond donors (Lipinski definition) is 0. The molecule has 1 fully saturated rings. The molecule has 1 aromatic carbocycles. The van der Waals surface area contributed by atoms with E-state index in [1.54, 1.807) is 18.2 Å². The van der Waals surface area contributed by atoms with E-state index in [1.807, 2.05) is 6.07 Å². The van der Waals surface area contributed by atoms with Gasteiger partial charge in [-0.2, -0.15) is 5.26 Å². The van der Waals surface area contributed by atoms with Gasteiger partial charge in [0.1, 0.15) is 24.0 Å². The van der Waals surface area contributed by atoms with Crippen LogP contribution in [0.2, 0.25) is 5.02 Å².